The lowest BCUT2D eigenvalue weighted by Crippen LogP contribution is -2.39. The zero-order chi connectivity index (χ0) is 31.6. The highest BCUT2D eigenvalue weighted by Gasteiger charge is 2.24. The standard InChI is InChI=1S/C42H84N2/c1-4-7-10-13-16-18-19-20-21-22-23-24-25-27-30-33-36-39-44-41-40-43(38-35-32-29-26-17-14-11-8-5-2)42(44)37-34-31-28-15-12-9-6-3/h40-42H,4-39H2,1-3H3. The molecule has 0 fully saturated rings. The van der Waals surface area contributed by atoms with E-state index >= 15 is 0 Å². The molecule has 0 saturated carbocycles. The Balaban J connectivity index is 2.12. The smallest absolute Gasteiger partial charge is 0.101 e. The van der Waals surface area contributed by atoms with Crippen molar-refractivity contribution in [2.75, 3.05) is 13.1 Å². The van der Waals surface area contributed by atoms with Crippen LogP contribution in [0.15, 0.2) is 12.4 Å². The molecule has 0 aromatic heterocycles. The predicted octanol–water partition coefficient (Wildman–Crippen LogP) is 14.7. The maximum absolute atomic E-state index is 2.72. The summed E-state index contributed by atoms with van der Waals surface area (Å²) in [6.07, 6.45) is 54.4. The maximum Gasteiger partial charge on any atom is 0.101 e. The number of rotatable bonds is 36. The quantitative estimate of drug-likeness (QED) is 0.0646. The summed E-state index contributed by atoms with van der Waals surface area (Å²) in [6.45, 7) is 9.49. The average Bonchev–Trinajstić information content (AvgIpc) is 3.42. The Morgan fingerprint density at radius 2 is 0.523 bits per heavy atom. The molecule has 2 heteroatoms. The van der Waals surface area contributed by atoms with Crippen molar-refractivity contribution in [2.24, 2.45) is 0 Å². The normalized spacial score (nSPS) is 14.8. The molecule has 0 bridgehead atoms. The summed E-state index contributed by atoms with van der Waals surface area (Å²) in [4.78, 5) is 5.43. The van der Waals surface area contributed by atoms with E-state index in [1.54, 1.807) is 0 Å². The lowest BCUT2D eigenvalue weighted by molar-refractivity contribution is 0.135. The maximum atomic E-state index is 2.72. The largest absolute Gasteiger partial charge is 0.356 e. The first-order valence-corrected chi connectivity index (χ1v) is 21.0. The molecule has 0 aliphatic carbocycles. The van der Waals surface area contributed by atoms with Crippen LogP contribution in [0.4, 0.5) is 0 Å². The van der Waals surface area contributed by atoms with Crippen LogP contribution in [0.2, 0.25) is 0 Å². The van der Waals surface area contributed by atoms with Crippen molar-refractivity contribution in [1.29, 1.82) is 0 Å². The Hall–Kier alpha value is -0.660. The summed E-state index contributed by atoms with van der Waals surface area (Å²) in [6, 6.07) is 0. The lowest BCUT2D eigenvalue weighted by atomic mass is 10.0. The first-order valence-electron chi connectivity index (χ1n) is 21.0. The van der Waals surface area contributed by atoms with Crippen LogP contribution in [0.25, 0.3) is 0 Å². The molecule has 0 radical (unpaired) electrons. The van der Waals surface area contributed by atoms with E-state index in [2.05, 4.69) is 43.0 Å². The Morgan fingerprint density at radius 1 is 0.295 bits per heavy atom. The van der Waals surface area contributed by atoms with E-state index in [9.17, 15) is 0 Å². The van der Waals surface area contributed by atoms with Gasteiger partial charge in [-0.25, -0.2) is 0 Å². The molecule has 1 rings (SSSR count). The Bertz CT molecular complexity index is 572. The highest BCUT2D eigenvalue weighted by atomic mass is 15.4. The molecule has 1 aliphatic heterocycles. The molecule has 1 atom stereocenters. The summed E-state index contributed by atoms with van der Waals surface area (Å²) >= 11 is 0. The van der Waals surface area contributed by atoms with Gasteiger partial charge in [0.05, 0.1) is 0 Å². The summed E-state index contributed by atoms with van der Waals surface area (Å²) in [7, 11) is 0. The van der Waals surface area contributed by atoms with Crippen LogP contribution < -0.4 is 0 Å². The molecule has 0 spiro atoms. The molecule has 0 aromatic carbocycles. The average molecular weight is 617 g/mol. The Kier molecular flexibility index (Phi) is 31.7. The first-order chi connectivity index (χ1) is 21.8. The van der Waals surface area contributed by atoms with E-state index in [-0.39, 0.29) is 0 Å². The fraction of sp³-hybridized carbons (Fsp3) is 0.952. The van der Waals surface area contributed by atoms with Gasteiger partial charge in [0.15, 0.2) is 0 Å². The van der Waals surface area contributed by atoms with E-state index < -0.39 is 0 Å². The second-order valence-corrected chi connectivity index (χ2v) is 14.6. The zero-order valence-electron chi connectivity index (χ0n) is 31.1. The molecule has 0 saturated heterocycles. The van der Waals surface area contributed by atoms with E-state index in [4.69, 9.17) is 0 Å². The van der Waals surface area contributed by atoms with Crippen molar-refractivity contribution in [3.63, 3.8) is 0 Å². The van der Waals surface area contributed by atoms with E-state index in [1.165, 1.54) is 231 Å². The van der Waals surface area contributed by atoms with Gasteiger partial charge in [-0.3, -0.25) is 0 Å². The van der Waals surface area contributed by atoms with Crippen LogP contribution in [-0.4, -0.2) is 29.1 Å². The van der Waals surface area contributed by atoms with E-state index in [0.29, 0.717) is 6.17 Å². The van der Waals surface area contributed by atoms with Crippen molar-refractivity contribution in [1.82, 2.24) is 9.80 Å². The fourth-order valence-corrected chi connectivity index (χ4v) is 7.25. The van der Waals surface area contributed by atoms with Crippen molar-refractivity contribution < 1.29 is 0 Å². The summed E-state index contributed by atoms with van der Waals surface area (Å²) in [5, 5.41) is 0. The summed E-state index contributed by atoms with van der Waals surface area (Å²) < 4.78 is 0. The van der Waals surface area contributed by atoms with Gasteiger partial charge in [0.25, 0.3) is 0 Å². The predicted molar refractivity (Wildman–Crippen MR) is 200 cm³/mol. The molecule has 44 heavy (non-hydrogen) atoms. The van der Waals surface area contributed by atoms with Crippen LogP contribution in [0.5, 0.6) is 0 Å². The Labute approximate surface area is 280 Å². The van der Waals surface area contributed by atoms with Gasteiger partial charge >= 0.3 is 0 Å². The number of hydrogen-bond acceptors (Lipinski definition) is 2. The van der Waals surface area contributed by atoms with Crippen LogP contribution in [0.1, 0.15) is 239 Å². The van der Waals surface area contributed by atoms with Gasteiger partial charge in [0, 0.05) is 25.5 Å². The second-order valence-electron chi connectivity index (χ2n) is 14.6. The van der Waals surface area contributed by atoms with E-state index in [1.807, 2.05) is 0 Å². The highest BCUT2D eigenvalue weighted by Crippen LogP contribution is 2.24. The SMILES string of the molecule is CCCCCCCCCCCCCCCCCCCN1C=CN(CCCCCCCCCCC)C1CCCCCCCCC. The van der Waals surface area contributed by atoms with Crippen molar-refractivity contribution in [3.05, 3.63) is 12.4 Å². The topological polar surface area (TPSA) is 6.48 Å². The molecular formula is C42H84N2. The van der Waals surface area contributed by atoms with Crippen molar-refractivity contribution in [3.8, 4) is 0 Å². The van der Waals surface area contributed by atoms with Crippen LogP contribution in [0.3, 0.4) is 0 Å². The minimum absolute atomic E-state index is 0.640. The van der Waals surface area contributed by atoms with Gasteiger partial charge in [0.2, 0.25) is 0 Å². The lowest BCUT2D eigenvalue weighted by Gasteiger charge is -2.33. The van der Waals surface area contributed by atoms with Crippen LogP contribution in [-0.2, 0) is 0 Å². The molecule has 0 amide bonds. The molecule has 0 aromatic rings. The van der Waals surface area contributed by atoms with Gasteiger partial charge in [-0.2, -0.15) is 0 Å². The fourth-order valence-electron chi connectivity index (χ4n) is 7.25. The van der Waals surface area contributed by atoms with Gasteiger partial charge in [-0.1, -0.05) is 213 Å². The van der Waals surface area contributed by atoms with Crippen molar-refractivity contribution in [2.45, 2.75) is 245 Å². The molecule has 262 valence electrons. The van der Waals surface area contributed by atoms with Gasteiger partial charge in [-0.05, 0) is 25.7 Å². The molecule has 1 unspecified atom stereocenters. The van der Waals surface area contributed by atoms with Crippen LogP contribution >= 0.6 is 0 Å². The monoisotopic (exact) mass is 617 g/mol. The molecule has 2 nitrogen and oxygen atoms in total. The summed E-state index contributed by atoms with van der Waals surface area (Å²) in [5.74, 6) is 0. The van der Waals surface area contributed by atoms with Crippen molar-refractivity contribution >= 4 is 0 Å². The molecular weight excluding hydrogens is 532 g/mol. The Morgan fingerprint density at radius 3 is 0.795 bits per heavy atom. The molecule has 0 N–H and O–H groups in total. The van der Waals surface area contributed by atoms with Crippen LogP contribution in [0, 0.1) is 0 Å². The number of unbranched alkanes of at least 4 members (excludes halogenated alkanes) is 30. The van der Waals surface area contributed by atoms with Gasteiger partial charge < -0.3 is 9.80 Å². The minimum atomic E-state index is 0.640. The third-order valence-electron chi connectivity index (χ3n) is 10.3. The number of nitrogens with zero attached hydrogens (tertiary/aromatic N) is 2. The highest BCUT2D eigenvalue weighted by molar-refractivity contribution is 4.97. The van der Waals surface area contributed by atoms with E-state index in [0.717, 1.165) is 0 Å². The third-order valence-corrected chi connectivity index (χ3v) is 10.3. The molecule has 1 heterocycles. The number of hydrogen-bond donors (Lipinski definition) is 0. The molecule has 1 aliphatic rings. The second kappa shape index (κ2) is 33.7. The third kappa shape index (κ3) is 25.5. The first kappa shape index (κ1) is 41.4. The summed E-state index contributed by atoms with van der Waals surface area (Å²) in [5.41, 5.74) is 0. The van der Waals surface area contributed by atoms with Gasteiger partial charge in [-0.15, -0.1) is 0 Å². The van der Waals surface area contributed by atoms with Gasteiger partial charge in [0.1, 0.15) is 6.17 Å². The zero-order valence-corrected chi connectivity index (χ0v) is 31.1. The minimum Gasteiger partial charge on any atom is -0.356 e.